The maximum absolute atomic E-state index is 9.99. The fourth-order valence-corrected chi connectivity index (χ4v) is 2.48. The Morgan fingerprint density at radius 3 is 2.79 bits per heavy atom. The lowest BCUT2D eigenvalue weighted by molar-refractivity contribution is -0.0119. The number of methoxy groups -OCH3 is 1. The van der Waals surface area contributed by atoms with E-state index in [4.69, 9.17) is 9.47 Å². The van der Waals surface area contributed by atoms with E-state index in [1.165, 1.54) is 4.88 Å². The molecule has 4 nitrogen and oxygen atoms in total. The van der Waals surface area contributed by atoms with E-state index in [9.17, 15) is 5.11 Å². The van der Waals surface area contributed by atoms with Gasteiger partial charge in [0.05, 0.1) is 25.4 Å². The number of rotatable bonds is 10. The molecule has 0 aliphatic heterocycles. The van der Waals surface area contributed by atoms with Crippen LogP contribution in [0.2, 0.25) is 0 Å². The molecule has 0 saturated carbocycles. The van der Waals surface area contributed by atoms with E-state index in [-0.39, 0.29) is 6.10 Å². The average Bonchev–Trinajstić information content (AvgIpc) is 2.86. The molecule has 0 aromatic carbocycles. The van der Waals surface area contributed by atoms with Crippen LogP contribution in [0.15, 0.2) is 17.5 Å². The Balaban J connectivity index is 2.39. The molecule has 1 rings (SSSR count). The second kappa shape index (κ2) is 9.44. The monoisotopic (exact) mass is 287 g/mol. The standard InChI is InChI=1S/C14H25NO3S/c1-12(2)18-11-13(16)9-15(6-7-17-3)10-14-5-4-8-19-14/h4-5,8,12-13,16H,6-7,9-11H2,1-3H3/t13-/m0/s1. The van der Waals surface area contributed by atoms with Gasteiger partial charge in [0.25, 0.3) is 0 Å². The smallest absolute Gasteiger partial charge is 0.0900 e. The zero-order valence-electron chi connectivity index (χ0n) is 12.0. The van der Waals surface area contributed by atoms with Gasteiger partial charge in [-0.1, -0.05) is 6.07 Å². The Morgan fingerprint density at radius 1 is 1.42 bits per heavy atom. The van der Waals surface area contributed by atoms with E-state index in [1.807, 2.05) is 19.9 Å². The number of ether oxygens (including phenoxy) is 2. The summed E-state index contributed by atoms with van der Waals surface area (Å²) < 4.78 is 10.6. The van der Waals surface area contributed by atoms with Gasteiger partial charge >= 0.3 is 0 Å². The summed E-state index contributed by atoms with van der Waals surface area (Å²) in [5, 5.41) is 12.1. The van der Waals surface area contributed by atoms with E-state index in [0.717, 1.165) is 13.1 Å². The third kappa shape index (κ3) is 7.64. The fraction of sp³-hybridized carbons (Fsp3) is 0.714. The van der Waals surface area contributed by atoms with Crippen LogP contribution < -0.4 is 0 Å². The number of nitrogens with zero attached hydrogens (tertiary/aromatic N) is 1. The van der Waals surface area contributed by atoms with Gasteiger partial charge in [0.2, 0.25) is 0 Å². The van der Waals surface area contributed by atoms with Crippen LogP contribution in [0.1, 0.15) is 18.7 Å². The molecular weight excluding hydrogens is 262 g/mol. The molecule has 1 heterocycles. The molecule has 0 radical (unpaired) electrons. The minimum atomic E-state index is -0.459. The highest BCUT2D eigenvalue weighted by Crippen LogP contribution is 2.12. The molecule has 0 unspecified atom stereocenters. The molecule has 0 fully saturated rings. The van der Waals surface area contributed by atoms with Crippen LogP contribution in [0.4, 0.5) is 0 Å². The molecular formula is C14H25NO3S. The summed E-state index contributed by atoms with van der Waals surface area (Å²) >= 11 is 1.73. The first-order chi connectivity index (χ1) is 9.11. The summed E-state index contributed by atoms with van der Waals surface area (Å²) in [4.78, 5) is 3.50. The van der Waals surface area contributed by atoms with Crippen molar-refractivity contribution in [2.24, 2.45) is 0 Å². The summed E-state index contributed by atoms with van der Waals surface area (Å²) in [6.45, 7) is 7.26. The first kappa shape index (κ1) is 16.6. The molecule has 0 saturated heterocycles. The predicted molar refractivity (Wildman–Crippen MR) is 78.6 cm³/mol. The van der Waals surface area contributed by atoms with E-state index >= 15 is 0 Å². The topological polar surface area (TPSA) is 41.9 Å². The van der Waals surface area contributed by atoms with Gasteiger partial charge in [0, 0.05) is 31.6 Å². The summed E-state index contributed by atoms with van der Waals surface area (Å²) in [5.74, 6) is 0. The molecule has 0 aliphatic rings. The van der Waals surface area contributed by atoms with Crippen molar-refractivity contribution in [1.82, 2.24) is 4.90 Å². The maximum atomic E-state index is 9.99. The first-order valence-corrected chi connectivity index (χ1v) is 7.53. The first-order valence-electron chi connectivity index (χ1n) is 6.65. The third-order valence-electron chi connectivity index (χ3n) is 2.66. The molecule has 19 heavy (non-hydrogen) atoms. The molecule has 110 valence electrons. The lowest BCUT2D eigenvalue weighted by atomic mass is 10.3. The van der Waals surface area contributed by atoms with Crippen molar-refractivity contribution in [2.75, 3.05) is 33.4 Å². The fourth-order valence-electron chi connectivity index (χ4n) is 1.73. The van der Waals surface area contributed by atoms with Crippen LogP contribution in [-0.4, -0.2) is 55.6 Å². The summed E-state index contributed by atoms with van der Waals surface area (Å²) in [6.07, 6.45) is -0.307. The van der Waals surface area contributed by atoms with Crippen molar-refractivity contribution in [3.05, 3.63) is 22.4 Å². The predicted octanol–water partition coefficient (Wildman–Crippen LogP) is 1.98. The number of aliphatic hydroxyl groups excluding tert-OH is 1. The minimum Gasteiger partial charge on any atom is -0.389 e. The van der Waals surface area contributed by atoms with E-state index in [0.29, 0.717) is 19.8 Å². The minimum absolute atomic E-state index is 0.152. The third-order valence-corrected chi connectivity index (χ3v) is 3.52. The van der Waals surface area contributed by atoms with Crippen molar-refractivity contribution >= 4 is 11.3 Å². The van der Waals surface area contributed by atoms with Gasteiger partial charge < -0.3 is 14.6 Å². The second-order valence-electron chi connectivity index (χ2n) is 4.84. The zero-order chi connectivity index (χ0) is 14.1. The van der Waals surface area contributed by atoms with Crippen molar-refractivity contribution in [2.45, 2.75) is 32.6 Å². The van der Waals surface area contributed by atoms with Gasteiger partial charge in [-0.05, 0) is 25.3 Å². The van der Waals surface area contributed by atoms with Crippen molar-refractivity contribution in [1.29, 1.82) is 0 Å². The van der Waals surface area contributed by atoms with Crippen molar-refractivity contribution in [3.8, 4) is 0 Å². The van der Waals surface area contributed by atoms with Crippen LogP contribution in [-0.2, 0) is 16.0 Å². The van der Waals surface area contributed by atoms with Gasteiger partial charge in [-0.15, -0.1) is 11.3 Å². The Kier molecular flexibility index (Phi) is 8.25. The number of aliphatic hydroxyl groups is 1. The average molecular weight is 287 g/mol. The molecule has 1 aromatic rings. The Morgan fingerprint density at radius 2 is 2.21 bits per heavy atom. The summed E-state index contributed by atoms with van der Waals surface area (Å²) in [6, 6.07) is 4.16. The van der Waals surface area contributed by atoms with Crippen LogP contribution >= 0.6 is 11.3 Å². The Bertz CT molecular complexity index is 317. The summed E-state index contributed by atoms with van der Waals surface area (Å²) in [5.41, 5.74) is 0. The van der Waals surface area contributed by atoms with Gasteiger partial charge in [-0.2, -0.15) is 0 Å². The van der Waals surface area contributed by atoms with Crippen LogP contribution in [0.3, 0.4) is 0 Å². The molecule has 1 aromatic heterocycles. The Labute approximate surface area is 120 Å². The lowest BCUT2D eigenvalue weighted by Crippen LogP contribution is -2.36. The molecule has 0 amide bonds. The van der Waals surface area contributed by atoms with Gasteiger partial charge in [-0.25, -0.2) is 0 Å². The molecule has 5 heteroatoms. The van der Waals surface area contributed by atoms with Gasteiger partial charge in [-0.3, -0.25) is 4.90 Å². The Hall–Kier alpha value is -0.460. The highest BCUT2D eigenvalue weighted by atomic mass is 32.1. The van der Waals surface area contributed by atoms with E-state index in [2.05, 4.69) is 16.3 Å². The molecule has 0 bridgehead atoms. The molecule has 1 N–H and O–H groups in total. The highest BCUT2D eigenvalue weighted by molar-refractivity contribution is 7.09. The molecule has 1 atom stereocenters. The van der Waals surface area contributed by atoms with E-state index < -0.39 is 6.10 Å². The zero-order valence-corrected chi connectivity index (χ0v) is 12.9. The maximum Gasteiger partial charge on any atom is 0.0900 e. The quantitative estimate of drug-likeness (QED) is 0.714. The molecule has 0 aliphatic carbocycles. The van der Waals surface area contributed by atoms with Crippen LogP contribution in [0, 0.1) is 0 Å². The highest BCUT2D eigenvalue weighted by Gasteiger charge is 2.13. The lowest BCUT2D eigenvalue weighted by Gasteiger charge is -2.24. The van der Waals surface area contributed by atoms with Crippen LogP contribution in [0.5, 0.6) is 0 Å². The number of thiophene rings is 1. The molecule has 0 spiro atoms. The summed E-state index contributed by atoms with van der Waals surface area (Å²) in [7, 11) is 1.70. The van der Waals surface area contributed by atoms with E-state index in [1.54, 1.807) is 18.4 Å². The second-order valence-corrected chi connectivity index (χ2v) is 5.88. The largest absolute Gasteiger partial charge is 0.389 e. The van der Waals surface area contributed by atoms with Gasteiger partial charge in [0.15, 0.2) is 0 Å². The normalized spacial score (nSPS) is 13.4. The SMILES string of the molecule is COCCN(Cc1cccs1)C[C@H](O)COC(C)C. The van der Waals surface area contributed by atoms with Crippen molar-refractivity contribution in [3.63, 3.8) is 0 Å². The van der Waals surface area contributed by atoms with Crippen LogP contribution in [0.25, 0.3) is 0 Å². The number of hydrogen-bond acceptors (Lipinski definition) is 5. The van der Waals surface area contributed by atoms with Gasteiger partial charge in [0.1, 0.15) is 0 Å². The van der Waals surface area contributed by atoms with Crippen molar-refractivity contribution < 1.29 is 14.6 Å². The number of hydrogen-bond donors (Lipinski definition) is 1.